The highest BCUT2D eigenvalue weighted by molar-refractivity contribution is 5.63. The van der Waals surface area contributed by atoms with Crippen molar-refractivity contribution in [2.45, 2.75) is 6.92 Å². The smallest absolute Gasteiger partial charge is 0.290 e. The van der Waals surface area contributed by atoms with Crippen molar-refractivity contribution in [2.75, 3.05) is 38.1 Å². The summed E-state index contributed by atoms with van der Waals surface area (Å²) in [5.41, 5.74) is 4.46. The number of aromatic amines is 1. The average Bonchev–Trinajstić information content (AvgIpc) is 3.38. The number of carboxylic acid groups (broad SMARTS) is 2. The van der Waals surface area contributed by atoms with E-state index in [-0.39, 0.29) is 12.9 Å². The zero-order valence-electron chi connectivity index (χ0n) is 17.0. The number of rotatable bonds is 3. The first-order valence-electron chi connectivity index (χ1n) is 9.29. The fraction of sp³-hybridized carbons (Fsp3) is 0.300. The van der Waals surface area contributed by atoms with Gasteiger partial charge in [-0.15, -0.1) is 0 Å². The number of aryl methyl sites for hydroxylation is 1. The molecule has 10 heteroatoms. The molecule has 3 heterocycles. The summed E-state index contributed by atoms with van der Waals surface area (Å²) < 4.78 is 2.07. The molecular formula is C20H26N6O4. The Hall–Kier alpha value is -3.66. The maximum absolute atomic E-state index is 8.36. The number of hydrogen-bond acceptors (Lipinski definition) is 6. The Labute approximate surface area is 174 Å². The van der Waals surface area contributed by atoms with Gasteiger partial charge in [0.15, 0.2) is 0 Å². The number of anilines is 1. The minimum atomic E-state index is -0.250. The molecule has 0 atom stereocenters. The van der Waals surface area contributed by atoms with Gasteiger partial charge in [-0.2, -0.15) is 5.10 Å². The van der Waals surface area contributed by atoms with Gasteiger partial charge in [-0.1, -0.05) is 0 Å². The number of benzene rings is 1. The van der Waals surface area contributed by atoms with Crippen LogP contribution in [0.1, 0.15) is 5.69 Å². The summed E-state index contributed by atoms with van der Waals surface area (Å²) in [6, 6.07) is 8.70. The van der Waals surface area contributed by atoms with E-state index in [0.29, 0.717) is 0 Å². The predicted molar refractivity (Wildman–Crippen MR) is 113 cm³/mol. The Bertz CT molecular complexity index is 908. The van der Waals surface area contributed by atoms with Crippen LogP contribution in [0.4, 0.5) is 5.69 Å². The molecule has 4 rings (SSSR count). The molecule has 1 fully saturated rings. The number of nitrogens with one attached hydrogen (secondary N) is 1. The molecule has 0 radical (unpaired) electrons. The maximum Gasteiger partial charge on any atom is 0.290 e. The van der Waals surface area contributed by atoms with Gasteiger partial charge in [0.05, 0.1) is 17.6 Å². The summed E-state index contributed by atoms with van der Waals surface area (Å²) in [6.07, 6.45) is 5.64. The van der Waals surface area contributed by atoms with Crippen LogP contribution in [0, 0.1) is 6.92 Å². The molecule has 1 aliphatic heterocycles. The highest BCUT2D eigenvalue weighted by atomic mass is 16.3. The summed E-state index contributed by atoms with van der Waals surface area (Å²) in [6.45, 7) is 5.91. The van der Waals surface area contributed by atoms with Crippen molar-refractivity contribution >= 4 is 18.6 Å². The second-order valence-corrected chi connectivity index (χ2v) is 6.55. The van der Waals surface area contributed by atoms with E-state index in [9.17, 15) is 0 Å². The molecule has 0 amide bonds. The van der Waals surface area contributed by atoms with Crippen LogP contribution in [0.15, 0.2) is 42.9 Å². The maximum atomic E-state index is 8.36. The molecule has 0 unspecified atom stereocenters. The van der Waals surface area contributed by atoms with E-state index in [2.05, 4.69) is 60.9 Å². The number of hydrogen-bond donors (Lipinski definition) is 3. The van der Waals surface area contributed by atoms with Crippen molar-refractivity contribution < 1.29 is 19.8 Å². The zero-order valence-corrected chi connectivity index (χ0v) is 17.0. The van der Waals surface area contributed by atoms with Gasteiger partial charge in [-0.3, -0.25) is 19.3 Å². The second kappa shape index (κ2) is 11.4. The van der Waals surface area contributed by atoms with Crippen molar-refractivity contribution in [1.29, 1.82) is 0 Å². The van der Waals surface area contributed by atoms with Crippen molar-refractivity contribution in [2.24, 2.45) is 0 Å². The summed E-state index contributed by atoms with van der Waals surface area (Å²) in [4.78, 5) is 26.1. The monoisotopic (exact) mass is 414 g/mol. The van der Waals surface area contributed by atoms with Gasteiger partial charge in [-0.05, 0) is 38.2 Å². The van der Waals surface area contributed by atoms with Gasteiger partial charge in [0, 0.05) is 49.8 Å². The Morgan fingerprint density at radius 3 is 2.17 bits per heavy atom. The molecule has 0 spiro atoms. The molecular weight excluding hydrogens is 388 g/mol. The molecule has 1 saturated heterocycles. The molecule has 0 aliphatic carbocycles. The summed E-state index contributed by atoms with van der Waals surface area (Å²) in [5, 5.41) is 20.9. The highest BCUT2D eigenvalue weighted by Gasteiger charge is 2.15. The van der Waals surface area contributed by atoms with Crippen molar-refractivity contribution in [3.63, 3.8) is 0 Å². The number of H-pyrrole nitrogens is 1. The van der Waals surface area contributed by atoms with Crippen LogP contribution in [-0.4, -0.2) is 81.0 Å². The Kier molecular flexibility index (Phi) is 8.57. The van der Waals surface area contributed by atoms with Gasteiger partial charge in [-0.25, -0.2) is 4.98 Å². The fourth-order valence-electron chi connectivity index (χ4n) is 3.18. The Balaban J connectivity index is 0.000000480. The lowest BCUT2D eigenvalue weighted by molar-refractivity contribution is -0.123. The largest absolute Gasteiger partial charge is 0.483 e. The quantitative estimate of drug-likeness (QED) is 0.553. The minimum absolute atomic E-state index is 0.250. The first-order chi connectivity index (χ1) is 14.5. The third-order valence-corrected chi connectivity index (χ3v) is 4.70. The van der Waals surface area contributed by atoms with Gasteiger partial charge in [0.2, 0.25) is 0 Å². The van der Waals surface area contributed by atoms with Crippen molar-refractivity contribution in [3.05, 3.63) is 48.5 Å². The molecule has 3 aromatic rings. The summed E-state index contributed by atoms with van der Waals surface area (Å²) in [7, 11) is 2.18. The summed E-state index contributed by atoms with van der Waals surface area (Å²) in [5.74, 6) is 0.935. The van der Waals surface area contributed by atoms with Gasteiger partial charge < -0.3 is 20.0 Å². The lowest BCUT2D eigenvalue weighted by atomic mass is 10.1. The van der Waals surface area contributed by atoms with E-state index in [4.69, 9.17) is 19.8 Å². The molecule has 2 aromatic heterocycles. The molecule has 10 nitrogen and oxygen atoms in total. The lowest BCUT2D eigenvalue weighted by Crippen LogP contribution is -2.44. The topological polar surface area (TPSA) is 128 Å². The number of imidazole rings is 1. The molecule has 30 heavy (non-hydrogen) atoms. The van der Waals surface area contributed by atoms with Crippen LogP contribution >= 0.6 is 0 Å². The standard InChI is InChI=1S/C18H22N6.2CH2O2/c1-14-17(13-20-21-14)24-8-7-19-18(24)15-3-5-16(6-4-15)23-11-9-22(2)10-12-23;2*2-1-3/h3-8,13H,9-12H2,1-2H3,(H,20,21);2*1H,(H,2,3). The van der Waals surface area contributed by atoms with Gasteiger partial charge in [0.1, 0.15) is 5.82 Å². The normalized spacial score (nSPS) is 13.5. The van der Waals surface area contributed by atoms with Gasteiger partial charge >= 0.3 is 0 Å². The van der Waals surface area contributed by atoms with Crippen LogP contribution in [0.2, 0.25) is 0 Å². The van der Waals surface area contributed by atoms with Crippen molar-refractivity contribution in [3.8, 4) is 17.1 Å². The first kappa shape index (κ1) is 22.6. The average molecular weight is 414 g/mol. The van der Waals surface area contributed by atoms with E-state index in [1.54, 1.807) is 0 Å². The van der Waals surface area contributed by atoms with Gasteiger partial charge in [0.25, 0.3) is 12.9 Å². The number of likely N-dealkylation sites (N-methyl/N-ethyl adjacent to an activating group) is 1. The van der Waals surface area contributed by atoms with E-state index in [1.807, 2.05) is 25.5 Å². The molecule has 3 N–H and O–H groups in total. The number of piperazine rings is 1. The van der Waals surface area contributed by atoms with E-state index < -0.39 is 0 Å². The molecule has 1 aromatic carbocycles. The highest BCUT2D eigenvalue weighted by Crippen LogP contribution is 2.25. The predicted octanol–water partition coefficient (Wildman–Crippen LogP) is 1.72. The minimum Gasteiger partial charge on any atom is -0.483 e. The third-order valence-electron chi connectivity index (χ3n) is 4.70. The lowest BCUT2D eigenvalue weighted by Gasteiger charge is -2.34. The van der Waals surface area contributed by atoms with Crippen LogP contribution in [0.3, 0.4) is 0 Å². The van der Waals surface area contributed by atoms with E-state index in [0.717, 1.165) is 48.9 Å². The fourth-order valence-corrected chi connectivity index (χ4v) is 3.18. The first-order valence-corrected chi connectivity index (χ1v) is 9.29. The molecule has 0 saturated carbocycles. The number of aromatic nitrogens is 4. The zero-order chi connectivity index (χ0) is 21.9. The Morgan fingerprint density at radius 2 is 1.63 bits per heavy atom. The van der Waals surface area contributed by atoms with E-state index in [1.165, 1.54) is 5.69 Å². The van der Waals surface area contributed by atoms with Crippen LogP contribution in [-0.2, 0) is 9.59 Å². The third kappa shape index (κ3) is 5.67. The molecule has 160 valence electrons. The van der Waals surface area contributed by atoms with Crippen molar-refractivity contribution in [1.82, 2.24) is 24.6 Å². The van der Waals surface area contributed by atoms with E-state index >= 15 is 0 Å². The Morgan fingerprint density at radius 1 is 1.03 bits per heavy atom. The molecule has 1 aliphatic rings. The number of nitrogens with zero attached hydrogens (tertiary/aromatic N) is 5. The number of carbonyl (C=O) groups is 2. The summed E-state index contributed by atoms with van der Waals surface area (Å²) >= 11 is 0. The SMILES string of the molecule is Cc1[nH]ncc1-n1ccnc1-c1ccc(N2CCN(C)CC2)cc1.O=CO.O=CO. The second-order valence-electron chi connectivity index (χ2n) is 6.55. The van der Waals surface area contributed by atoms with Crippen LogP contribution in [0.5, 0.6) is 0 Å². The van der Waals surface area contributed by atoms with Crippen LogP contribution in [0.25, 0.3) is 17.1 Å². The molecule has 0 bridgehead atoms. The van der Waals surface area contributed by atoms with Crippen LogP contribution < -0.4 is 4.90 Å².